The van der Waals surface area contributed by atoms with E-state index in [0.29, 0.717) is 0 Å². The second-order valence-electron chi connectivity index (χ2n) is 6.27. The maximum Gasteiger partial charge on any atom is 0.128 e. The maximum absolute atomic E-state index is 6.08. The van der Waals surface area contributed by atoms with Crippen LogP contribution in [-0.2, 0) is 11.8 Å². The maximum atomic E-state index is 6.08. The lowest BCUT2D eigenvalue weighted by molar-refractivity contribution is 0.181. The molecule has 2 aromatic rings. The van der Waals surface area contributed by atoms with Crippen LogP contribution in [0.5, 0.6) is 5.75 Å². The van der Waals surface area contributed by atoms with E-state index in [9.17, 15) is 0 Å². The molecule has 0 fully saturated rings. The molecule has 1 aliphatic rings. The molecule has 1 unspecified atom stereocenters. The highest BCUT2D eigenvalue weighted by Gasteiger charge is 2.30. The Morgan fingerprint density at radius 1 is 1.10 bits per heavy atom. The zero-order valence-corrected chi connectivity index (χ0v) is 12.5. The fourth-order valence-corrected chi connectivity index (χ4v) is 2.65. The zero-order chi connectivity index (χ0) is 14.2. The van der Waals surface area contributed by atoms with Gasteiger partial charge in [-0.2, -0.15) is 0 Å². The average molecular weight is 266 g/mol. The van der Waals surface area contributed by atoms with E-state index in [2.05, 4.69) is 39.0 Å². The smallest absolute Gasteiger partial charge is 0.128 e. The van der Waals surface area contributed by atoms with Crippen LogP contribution < -0.4 is 4.74 Å². The minimum absolute atomic E-state index is 0.222. The Hall–Kier alpha value is -1.76. The molecule has 0 aromatic heterocycles. The van der Waals surface area contributed by atoms with E-state index in [1.165, 1.54) is 16.7 Å². The van der Waals surface area contributed by atoms with Crippen LogP contribution in [0.1, 0.15) is 50.0 Å². The SMILES string of the molecule is CCC(C)(C)c1ccc2c(c1)C(Oc1ccccc1)C2. The Morgan fingerprint density at radius 2 is 1.85 bits per heavy atom. The molecule has 0 spiro atoms. The van der Waals surface area contributed by atoms with Gasteiger partial charge in [0.1, 0.15) is 11.9 Å². The summed E-state index contributed by atoms with van der Waals surface area (Å²) < 4.78 is 6.08. The van der Waals surface area contributed by atoms with E-state index in [-0.39, 0.29) is 11.5 Å². The first-order valence-electron chi connectivity index (χ1n) is 7.45. The van der Waals surface area contributed by atoms with Crippen molar-refractivity contribution in [2.45, 2.75) is 45.1 Å². The third kappa shape index (κ3) is 2.33. The lowest BCUT2D eigenvalue weighted by Gasteiger charge is -2.33. The van der Waals surface area contributed by atoms with Crippen molar-refractivity contribution >= 4 is 0 Å². The Bertz CT molecular complexity index is 598. The van der Waals surface area contributed by atoms with E-state index >= 15 is 0 Å². The quantitative estimate of drug-likeness (QED) is 0.752. The summed E-state index contributed by atoms with van der Waals surface area (Å²) in [6.07, 6.45) is 2.40. The molecule has 3 rings (SSSR count). The molecule has 0 saturated carbocycles. The van der Waals surface area contributed by atoms with Crippen LogP contribution in [0.4, 0.5) is 0 Å². The Morgan fingerprint density at radius 3 is 2.55 bits per heavy atom. The Balaban J connectivity index is 1.82. The van der Waals surface area contributed by atoms with E-state index in [4.69, 9.17) is 4.74 Å². The largest absolute Gasteiger partial charge is 0.485 e. The van der Waals surface area contributed by atoms with Crippen LogP contribution in [0.2, 0.25) is 0 Å². The number of hydrogen-bond donors (Lipinski definition) is 0. The van der Waals surface area contributed by atoms with Crippen molar-refractivity contribution in [3.63, 3.8) is 0 Å². The Labute approximate surface area is 121 Å². The predicted octanol–water partition coefficient (Wildman–Crippen LogP) is 5.05. The van der Waals surface area contributed by atoms with Crippen molar-refractivity contribution in [1.82, 2.24) is 0 Å². The fourth-order valence-electron chi connectivity index (χ4n) is 2.65. The van der Waals surface area contributed by atoms with Gasteiger partial charge in [0.15, 0.2) is 0 Å². The monoisotopic (exact) mass is 266 g/mol. The van der Waals surface area contributed by atoms with Gasteiger partial charge < -0.3 is 4.74 Å². The van der Waals surface area contributed by atoms with Crippen molar-refractivity contribution in [2.24, 2.45) is 0 Å². The number of para-hydroxylation sites is 1. The van der Waals surface area contributed by atoms with Gasteiger partial charge in [0.25, 0.3) is 0 Å². The summed E-state index contributed by atoms with van der Waals surface area (Å²) in [5.74, 6) is 0.961. The molecule has 0 heterocycles. The summed E-state index contributed by atoms with van der Waals surface area (Å²) in [4.78, 5) is 0. The summed E-state index contributed by atoms with van der Waals surface area (Å²) in [6.45, 7) is 6.86. The molecule has 0 bridgehead atoms. The van der Waals surface area contributed by atoms with Crippen LogP contribution in [0.25, 0.3) is 0 Å². The predicted molar refractivity (Wildman–Crippen MR) is 83.3 cm³/mol. The van der Waals surface area contributed by atoms with Crippen LogP contribution >= 0.6 is 0 Å². The van der Waals surface area contributed by atoms with E-state index in [1.807, 2.05) is 30.3 Å². The van der Waals surface area contributed by atoms with Gasteiger partial charge in [0.2, 0.25) is 0 Å². The highest BCUT2D eigenvalue weighted by Crippen LogP contribution is 2.39. The first kappa shape index (κ1) is 13.2. The average Bonchev–Trinajstić information content (AvgIpc) is 2.45. The number of hydrogen-bond acceptors (Lipinski definition) is 1. The lowest BCUT2D eigenvalue weighted by atomic mass is 9.76. The third-order valence-corrected chi connectivity index (χ3v) is 4.58. The van der Waals surface area contributed by atoms with Gasteiger partial charge in [0.05, 0.1) is 0 Å². The van der Waals surface area contributed by atoms with E-state index < -0.39 is 0 Å². The van der Waals surface area contributed by atoms with Gasteiger partial charge in [-0.3, -0.25) is 0 Å². The van der Waals surface area contributed by atoms with Gasteiger partial charge in [-0.25, -0.2) is 0 Å². The summed E-state index contributed by atoms with van der Waals surface area (Å²) in [5, 5.41) is 0. The van der Waals surface area contributed by atoms with Crippen LogP contribution in [0.15, 0.2) is 48.5 Å². The van der Waals surface area contributed by atoms with Crippen molar-refractivity contribution < 1.29 is 4.74 Å². The fraction of sp³-hybridized carbons (Fsp3) is 0.368. The summed E-state index contributed by atoms with van der Waals surface area (Å²) in [5.41, 5.74) is 4.46. The second-order valence-corrected chi connectivity index (χ2v) is 6.27. The van der Waals surface area contributed by atoms with Crippen LogP contribution in [0, 0.1) is 0 Å². The summed E-state index contributed by atoms with van der Waals surface area (Å²) in [6, 6.07) is 17.0. The molecule has 1 aliphatic carbocycles. The molecule has 0 saturated heterocycles. The molecule has 20 heavy (non-hydrogen) atoms. The minimum Gasteiger partial charge on any atom is -0.485 e. The van der Waals surface area contributed by atoms with Crippen molar-refractivity contribution in [3.05, 3.63) is 65.2 Å². The van der Waals surface area contributed by atoms with Gasteiger partial charge >= 0.3 is 0 Å². The molecular formula is C19H22O. The second kappa shape index (κ2) is 4.97. The molecule has 104 valence electrons. The molecular weight excluding hydrogens is 244 g/mol. The highest BCUT2D eigenvalue weighted by atomic mass is 16.5. The number of rotatable bonds is 4. The topological polar surface area (TPSA) is 9.23 Å². The number of fused-ring (bicyclic) bond motifs is 1. The van der Waals surface area contributed by atoms with Crippen LogP contribution in [-0.4, -0.2) is 0 Å². The molecule has 1 heteroatoms. The molecule has 0 aliphatic heterocycles. The van der Waals surface area contributed by atoms with Crippen molar-refractivity contribution in [1.29, 1.82) is 0 Å². The minimum atomic E-state index is 0.222. The van der Waals surface area contributed by atoms with Gasteiger partial charge in [-0.1, -0.05) is 57.2 Å². The molecule has 1 nitrogen and oxygen atoms in total. The third-order valence-electron chi connectivity index (χ3n) is 4.58. The van der Waals surface area contributed by atoms with Crippen LogP contribution in [0.3, 0.4) is 0 Å². The molecule has 1 atom stereocenters. The van der Waals surface area contributed by atoms with Gasteiger partial charge in [0, 0.05) is 6.42 Å². The normalized spacial score (nSPS) is 17.2. The Kier molecular flexibility index (Phi) is 3.29. The molecule has 0 amide bonds. The number of benzene rings is 2. The van der Waals surface area contributed by atoms with Crippen molar-refractivity contribution in [3.8, 4) is 5.75 Å². The molecule has 0 radical (unpaired) electrons. The zero-order valence-electron chi connectivity index (χ0n) is 12.5. The van der Waals surface area contributed by atoms with Crippen molar-refractivity contribution in [2.75, 3.05) is 0 Å². The standard InChI is InChI=1S/C19H22O/c1-4-19(2,3)15-11-10-14-12-18(17(14)13-15)20-16-8-6-5-7-9-16/h5-11,13,18H,4,12H2,1-3H3. The molecule has 0 N–H and O–H groups in total. The van der Waals surface area contributed by atoms with Gasteiger partial charge in [-0.05, 0) is 40.7 Å². The van der Waals surface area contributed by atoms with Gasteiger partial charge in [-0.15, -0.1) is 0 Å². The first-order chi connectivity index (χ1) is 9.60. The molecule has 2 aromatic carbocycles. The van der Waals surface area contributed by atoms with E-state index in [0.717, 1.165) is 18.6 Å². The summed E-state index contributed by atoms with van der Waals surface area (Å²) >= 11 is 0. The lowest BCUT2D eigenvalue weighted by Crippen LogP contribution is -2.25. The van der Waals surface area contributed by atoms with E-state index in [1.54, 1.807) is 0 Å². The summed E-state index contributed by atoms with van der Waals surface area (Å²) in [7, 11) is 0. The number of ether oxygens (including phenoxy) is 1. The highest BCUT2D eigenvalue weighted by molar-refractivity contribution is 5.44. The first-order valence-corrected chi connectivity index (χ1v) is 7.45.